The SMILES string of the molecule is CC(C)c1ccc(N(C(=O)CC2CCCCC2)[C@H]2C=CS(=O)(=O)C2)cc1. The van der Waals surface area contributed by atoms with Gasteiger partial charge in [0, 0.05) is 17.5 Å². The van der Waals surface area contributed by atoms with Crippen LogP contribution in [0.3, 0.4) is 0 Å². The van der Waals surface area contributed by atoms with Crippen molar-refractivity contribution in [1.29, 1.82) is 0 Å². The van der Waals surface area contributed by atoms with Gasteiger partial charge in [-0.1, -0.05) is 45.2 Å². The molecule has 1 heterocycles. The molecule has 1 amide bonds. The fourth-order valence-corrected chi connectivity index (χ4v) is 5.27. The third kappa shape index (κ3) is 4.56. The first-order valence-corrected chi connectivity index (χ1v) is 11.4. The highest BCUT2D eigenvalue weighted by Gasteiger charge is 2.32. The number of anilines is 1. The normalized spacial score (nSPS) is 22.7. The summed E-state index contributed by atoms with van der Waals surface area (Å²) < 4.78 is 23.8. The van der Waals surface area contributed by atoms with Gasteiger partial charge in [0.2, 0.25) is 5.91 Å². The molecular formula is C21H29NO3S. The minimum absolute atomic E-state index is 0.0185. The lowest BCUT2D eigenvalue weighted by molar-refractivity contribution is -0.120. The second-order valence-corrected chi connectivity index (χ2v) is 9.87. The van der Waals surface area contributed by atoms with Gasteiger partial charge >= 0.3 is 0 Å². The van der Waals surface area contributed by atoms with Gasteiger partial charge in [0.15, 0.2) is 9.84 Å². The number of hydrogen-bond donors (Lipinski definition) is 0. The van der Waals surface area contributed by atoms with Gasteiger partial charge in [0.1, 0.15) is 0 Å². The molecule has 142 valence electrons. The van der Waals surface area contributed by atoms with Gasteiger partial charge < -0.3 is 4.90 Å². The van der Waals surface area contributed by atoms with Gasteiger partial charge in [-0.2, -0.15) is 0 Å². The molecule has 0 spiro atoms. The Labute approximate surface area is 157 Å². The zero-order chi connectivity index (χ0) is 18.7. The molecule has 1 aromatic rings. The lowest BCUT2D eigenvalue weighted by Crippen LogP contribution is -2.42. The Bertz CT molecular complexity index is 759. The first kappa shape index (κ1) is 19.2. The molecule has 1 fully saturated rings. The summed E-state index contributed by atoms with van der Waals surface area (Å²) in [6.45, 7) is 4.26. The summed E-state index contributed by atoms with van der Waals surface area (Å²) >= 11 is 0. The molecule has 3 rings (SSSR count). The largest absolute Gasteiger partial charge is 0.304 e. The summed E-state index contributed by atoms with van der Waals surface area (Å²) in [6, 6.07) is 7.57. The number of amides is 1. The molecule has 4 nitrogen and oxygen atoms in total. The van der Waals surface area contributed by atoms with Crippen molar-refractivity contribution in [2.45, 2.75) is 64.3 Å². The molecule has 1 saturated carbocycles. The first-order chi connectivity index (χ1) is 12.4. The molecule has 0 saturated heterocycles. The standard InChI is InChI=1S/C21H29NO3S/c1-16(2)18-8-10-19(11-9-18)22(20-12-13-26(24,25)15-20)21(23)14-17-6-4-3-5-7-17/h8-13,16-17,20H,3-7,14-15H2,1-2H3/t20-/m0/s1. The smallest absolute Gasteiger partial charge is 0.227 e. The average molecular weight is 376 g/mol. The molecule has 0 aromatic heterocycles. The molecule has 1 aliphatic heterocycles. The van der Waals surface area contributed by atoms with Gasteiger partial charge in [-0.15, -0.1) is 0 Å². The Balaban J connectivity index is 1.83. The molecule has 2 aliphatic rings. The number of carbonyl (C=O) groups excluding carboxylic acids is 1. The zero-order valence-electron chi connectivity index (χ0n) is 15.7. The van der Waals surface area contributed by atoms with Crippen LogP contribution in [0.5, 0.6) is 0 Å². The van der Waals surface area contributed by atoms with E-state index in [-0.39, 0.29) is 11.7 Å². The number of sulfone groups is 1. The molecule has 26 heavy (non-hydrogen) atoms. The lowest BCUT2D eigenvalue weighted by atomic mass is 9.86. The van der Waals surface area contributed by atoms with E-state index in [1.54, 1.807) is 11.0 Å². The second-order valence-electron chi connectivity index (χ2n) is 7.94. The third-order valence-electron chi connectivity index (χ3n) is 5.54. The van der Waals surface area contributed by atoms with Crippen LogP contribution in [0, 0.1) is 5.92 Å². The van der Waals surface area contributed by atoms with Crippen molar-refractivity contribution in [3.63, 3.8) is 0 Å². The van der Waals surface area contributed by atoms with Crippen LogP contribution in [0.4, 0.5) is 5.69 Å². The quantitative estimate of drug-likeness (QED) is 0.765. The van der Waals surface area contributed by atoms with E-state index >= 15 is 0 Å². The molecule has 1 aromatic carbocycles. The highest BCUT2D eigenvalue weighted by Crippen LogP contribution is 2.30. The maximum absolute atomic E-state index is 13.1. The van der Waals surface area contributed by atoms with Crippen LogP contribution in [-0.2, 0) is 14.6 Å². The van der Waals surface area contributed by atoms with E-state index in [1.807, 2.05) is 24.3 Å². The van der Waals surface area contributed by atoms with Crippen LogP contribution in [0.15, 0.2) is 35.7 Å². The number of rotatable bonds is 5. The van der Waals surface area contributed by atoms with E-state index in [2.05, 4.69) is 13.8 Å². The van der Waals surface area contributed by atoms with E-state index in [9.17, 15) is 13.2 Å². The summed E-state index contributed by atoms with van der Waals surface area (Å²) in [5, 5.41) is 1.25. The molecule has 1 aliphatic carbocycles. The predicted molar refractivity (Wildman–Crippen MR) is 106 cm³/mol. The summed E-state index contributed by atoms with van der Waals surface area (Å²) in [6.07, 6.45) is 8.02. The van der Waals surface area contributed by atoms with Gasteiger partial charge in [-0.3, -0.25) is 4.79 Å². The van der Waals surface area contributed by atoms with Crippen molar-refractivity contribution in [3.8, 4) is 0 Å². The van der Waals surface area contributed by atoms with Gasteiger partial charge in [0.05, 0.1) is 11.8 Å². The van der Waals surface area contributed by atoms with Crippen molar-refractivity contribution in [2.75, 3.05) is 10.7 Å². The van der Waals surface area contributed by atoms with Crippen molar-refractivity contribution in [1.82, 2.24) is 0 Å². The van der Waals surface area contributed by atoms with Crippen LogP contribution in [0.25, 0.3) is 0 Å². The summed E-state index contributed by atoms with van der Waals surface area (Å²) in [5.74, 6) is 0.869. The topological polar surface area (TPSA) is 54.5 Å². The maximum Gasteiger partial charge on any atom is 0.227 e. The van der Waals surface area contributed by atoms with Crippen molar-refractivity contribution < 1.29 is 13.2 Å². The number of benzene rings is 1. The molecule has 1 atom stereocenters. The summed E-state index contributed by atoms with van der Waals surface area (Å²) in [5.41, 5.74) is 2.00. The summed E-state index contributed by atoms with van der Waals surface area (Å²) in [7, 11) is -3.21. The van der Waals surface area contributed by atoms with Gasteiger partial charge in [-0.05, 0) is 48.4 Å². The maximum atomic E-state index is 13.1. The third-order valence-corrected chi connectivity index (χ3v) is 6.92. The average Bonchev–Trinajstić information content (AvgIpc) is 2.96. The number of carbonyl (C=O) groups is 1. The van der Waals surface area contributed by atoms with E-state index in [0.29, 0.717) is 18.3 Å². The van der Waals surface area contributed by atoms with E-state index in [4.69, 9.17) is 0 Å². The van der Waals surface area contributed by atoms with Crippen molar-refractivity contribution >= 4 is 21.4 Å². The molecule has 5 heteroatoms. The second kappa shape index (κ2) is 7.95. The highest BCUT2D eigenvalue weighted by atomic mass is 32.2. The number of hydrogen-bond acceptors (Lipinski definition) is 3. The monoisotopic (exact) mass is 375 g/mol. The van der Waals surface area contributed by atoms with Crippen molar-refractivity contribution in [3.05, 3.63) is 41.3 Å². The molecular weight excluding hydrogens is 346 g/mol. The van der Waals surface area contributed by atoms with Crippen LogP contribution in [-0.4, -0.2) is 26.1 Å². The molecule has 0 unspecified atom stereocenters. The Kier molecular flexibility index (Phi) is 5.86. The van der Waals surface area contributed by atoms with E-state index in [1.165, 1.54) is 30.2 Å². The summed E-state index contributed by atoms with van der Waals surface area (Å²) in [4.78, 5) is 14.8. The molecule has 0 bridgehead atoms. The van der Waals surface area contributed by atoms with E-state index in [0.717, 1.165) is 18.5 Å². The van der Waals surface area contributed by atoms with E-state index < -0.39 is 15.9 Å². The Morgan fingerprint density at radius 2 is 1.77 bits per heavy atom. The van der Waals surface area contributed by atoms with Crippen molar-refractivity contribution in [2.24, 2.45) is 5.92 Å². The highest BCUT2D eigenvalue weighted by molar-refractivity contribution is 7.94. The Morgan fingerprint density at radius 1 is 1.12 bits per heavy atom. The van der Waals surface area contributed by atoms with Crippen LogP contribution < -0.4 is 4.90 Å². The molecule has 0 radical (unpaired) electrons. The molecule has 0 N–H and O–H groups in total. The first-order valence-electron chi connectivity index (χ1n) is 9.69. The van der Waals surface area contributed by atoms with Crippen LogP contribution in [0.1, 0.15) is 63.9 Å². The lowest BCUT2D eigenvalue weighted by Gasteiger charge is -2.30. The fraction of sp³-hybridized carbons (Fsp3) is 0.571. The fourth-order valence-electron chi connectivity index (χ4n) is 4.00. The van der Waals surface area contributed by atoms with Crippen LogP contribution in [0.2, 0.25) is 0 Å². The number of nitrogens with zero attached hydrogens (tertiary/aromatic N) is 1. The minimum Gasteiger partial charge on any atom is -0.304 e. The van der Waals surface area contributed by atoms with Gasteiger partial charge in [-0.25, -0.2) is 8.42 Å². The van der Waals surface area contributed by atoms with Crippen LogP contribution >= 0.6 is 0 Å². The zero-order valence-corrected chi connectivity index (χ0v) is 16.5. The Hall–Kier alpha value is -1.62. The van der Waals surface area contributed by atoms with Gasteiger partial charge in [0.25, 0.3) is 0 Å². The Morgan fingerprint density at radius 3 is 2.31 bits per heavy atom. The minimum atomic E-state index is -3.21. The predicted octanol–water partition coefficient (Wildman–Crippen LogP) is 4.42.